The Labute approximate surface area is 76.2 Å². The first kappa shape index (κ1) is 10.9. The molecular formula is C6H4BF4NO2. The van der Waals surface area contributed by atoms with E-state index < -0.39 is 30.3 Å². The molecule has 2 N–H and O–H groups in total. The van der Waals surface area contributed by atoms with E-state index in [0.29, 0.717) is 0 Å². The Kier molecular flexibility index (Phi) is 2.77. The minimum absolute atomic E-state index is 0.250. The molecule has 0 fully saturated rings. The molecule has 0 aliphatic rings. The van der Waals surface area contributed by atoms with Gasteiger partial charge in [0.1, 0.15) is 11.5 Å². The fraction of sp³-hybridized carbons (Fsp3) is 0.167. The Balaban J connectivity index is 3.20. The van der Waals surface area contributed by atoms with Crippen LogP contribution in [0.5, 0.6) is 0 Å². The lowest BCUT2D eigenvalue weighted by atomic mass is 9.80. The molecule has 1 aromatic heterocycles. The summed E-state index contributed by atoms with van der Waals surface area (Å²) in [4.78, 5) is 2.77. The average molecular weight is 209 g/mol. The number of halogens is 4. The Morgan fingerprint density at radius 2 is 1.86 bits per heavy atom. The molecule has 0 aliphatic heterocycles. The molecule has 1 rings (SSSR count). The number of pyridine rings is 1. The number of nitrogens with zero attached hydrogens (tertiary/aromatic N) is 1. The van der Waals surface area contributed by atoms with Gasteiger partial charge in [0.2, 0.25) is 0 Å². The summed E-state index contributed by atoms with van der Waals surface area (Å²) in [5.41, 5.74) is -2.23. The molecule has 0 spiro atoms. The van der Waals surface area contributed by atoms with Crippen LogP contribution < -0.4 is 5.46 Å². The van der Waals surface area contributed by atoms with Crippen LogP contribution >= 0.6 is 0 Å². The molecule has 1 heterocycles. The van der Waals surface area contributed by atoms with Crippen molar-refractivity contribution in [2.24, 2.45) is 0 Å². The van der Waals surface area contributed by atoms with Gasteiger partial charge in [-0.1, -0.05) is 0 Å². The third-order valence-electron chi connectivity index (χ3n) is 1.45. The van der Waals surface area contributed by atoms with Gasteiger partial charge in [-0.05, 0) is 6.07 Å². The first-order chi connectivity index (χ1) is 6.32. The molecule has 3 nitrogen and oxygen atoms in total. The highest BCUT2D eigenvalue weighted by Crippen LogP contribution is 2.26. The molecule has 8 heteroatoms. The second-order valence-corrected chi connectivity index (χ2v) is 2.46. The molecule has 76 valence electrons. The van der Waals surface area contributed by atoms with Gasteiger partial charge in [-0.25, -0.2) is 9.37 Å². The van der Waals surface area contributed by atoms with Crippen LogP contribution in [0.15, 0.2) is 12.3 Å². The van der Waals surface area contributed by atoms with Crippen molar-refractivity contribution < 1.29 is 27.6 Å². The van der Waals surface area contributed by atoms with Crippen molar-refractivity contribution in [3.05, 3.63) is 23.8 Å². The monoisotopic (exact) mass is 209 g/mol. The van der Waals surface area contributed by atoms with Crippen LogP contribution in [0.1, 0.15) is 5.69 Å². The number of hydrogen-bond donors (Lipinski definition) is 2. The summed E-state index contributed by atoms with van der Waals surface area (Å²) in [6, 6.07) is 0.250. The van der Waals surface area contributed by atoms with Gasteiger partial charge in [0.05, 0.1) is 6.20 Å². The number of hydrogen-bond acceptors (Lipinski definition) is 3. The number of aromatic nitrogens is 1. The third kappa shape index (κ3) is 2.21. The highest BCUT2D eigenvalue weighted by atomic mass is 19.4. The Morgan fingerprint density at radius 3 is 2.29 bits per heavy atom. The topological polar surface area (TPSA) is 53.4 Å². The lowest BCUT2D eigenvalue weighted by Gasteiger charge is -2.07. The summed E-state index contributed by atoms with van der Waals surface area (Å²) in [5, 5.41) is 17.0. The van der Waals surface area contributed by atoms with E-state index in [0.717, 1.165) is 0 Å². The maximum absolute atomic E-state index is 12.7. The summed E-state index contributed by atoms with van der Waals surface area (Å²) >= 11 is 0. The largest absolute Gasteiger partial charge is 0.491 e. The Hall–Kier alpha value is -1.15. The first-order valence-electron chi connectivity index (χ1n) is 3.41. The van der Waals surface area contributed by atoms with E-state index in [9.17, 15) is 17.6 Å². The van der Waals surface area contributed by atoms with Crippen molar-refractivity contribution in [3.8, 4) is 0 Å². The number of alkyl halides is 3. The van der Waals surface area contributed by atoms with Gasteiger partial charge in [0.15, 0.2) is 0 Å². The predicted octanol–water partition coefficient (Wildman–Crippen LogP) is -0.0807. The fourth-order valence-electron chi connectivity index (χ4n) is 0.807. The van der Waals surface area contributed by atoms with Crippen molar-refractivity contribution in [1.29, 1.82) is 0 Å². The van der Waals surface area contributed by atoms with Crippen molar-refractivity contribution in [2.45, 2.75) is 6.18 Å². The maximum atomic E-state index is 12.7. The van der Waals surface area contributed by atoms with Crippen LogP contribution in [0, 0.1) is 5.82 Å². The summed E-state index contributed by atoms with van der Waals surface area (Å²) in [7, 11) is -2.29. The second-order valence-electron chi connectivity index (χ2n) is 2.46. The molecule has 0 unspecified atom stereocenters. The molecule has 0 radical (unpaired) electrons. The molecule has 0 saturated carbocycles. The van der Waals surface area contributed by atoms with Gasteiger partial charge in [0, 0.05) is 5.46 Å². The minimum Gasteiger partial charge on any atom is -0.423 e. The quantitative estimate of drug-likeness (QED) is 0.502. The second kappa shape index (κ2) is 3.54. The normalized spacial score (nSPS) is 11.6. The summed E-state index contributed by atoms with van der Waals surface area (Å²) in [6.07, 6.45) is -4.45. The summed E-state index contributed by atoms with van der Waals surface area (Å²) < 4.78 is 48.7. The highest BCUT2D eigenvalue weighted by molar-refractivity contribution is 6.58. The van der Waals surface area contributed by atoms with Crippen LogP contribution in [0.3, 0.4) is 0 Å². The first-order valence-corrected chi connectivity index (χ1v) is 3.41. The average Bonchev–Trinajstić information content (AvgIpc) is 2.02. The molecule has 1 aromatic rings. The van der Waals surface area contributed by atoms with E-state index in [4.69, 9.17) is 10.0 Å². The molecular weight excluding hydrogens is 205 g/mol. The van der Waals surface area contributed by atoms with Crippen LogP contribution in [0.25, 0.3) is 0 Å². The van der Waals surface area contributed by atoms with E-state index in [1.807, 2.05) is 0 Å². The van der Waals surface area contributed by atoms with Crippen molar-refractivity contribution in [3.63, 3.8) is 0 Å². The molecule has 0 amide bonds. The van der Waals surface area contributed by atoms with Crippen molar-refractivity contribution in [1.82, 2.24) is 4.98 Å². The zero-order valence-corrected chi connectivity index (χ0v) is 6.59. The van der Waals surface area contributed by atoms with Crippen LogP contribution in [-0.2, 0) is 6.18 Å². The van der Waals surface area contributed by atoms with Gasteiger partial charge in [-0.3, -0.25) is 0 Å². The predicted molar refractivity (Wildman–Crippen MR) is 39.0 cm³/mol. The number of rotatable bonds is 1. The SMILES string of the molecule is OB(O)c1cc(C(F)(F)F)ncc1F. The maximum Gasteiger partial charge on any atom is 0.491 e. The van der Waals surface area contributed by atoms with E-state index >= 15 is 0 Å². The van der Waals surface area contributed by atoms with Crippen LogP contribution in [0.2, 0.25) is 0 Å². The van der Waals surface area contributed by atoms with Gasteiger partial charge < -0.3 is 10.0 Å². The van der Waals surface area contributed by atoms with E-state index in [1.165, 1.54) is 0 Å². The van der Waals surface area contributed by atoms with Gasteiger partial charge in [-0.2, -0.15) is 13.2 Å². The Morgan fingerprint density at radius 1 is 1.29 bits per heavy atom. The van der Waals surface area contributed by atoms with E-state index in [1.54, 1.807) is 0 Å². The highest BCUT2D eigenvalue weighted by Gasteiger charge is 2.34. The standard InChI is InChI=1S/C6H4BF4NO2/c8-4-2-12-5(6(9,10)11)1-3(4)7(13)14/h1-2,13-14H. The van der Waals surface area contributed by atoms with E-state index in [-0.39, 0.29) is 12.3 Å². The Bertz CT molecular complexity index is 341. The molecule has 0 bridgehead atoms. The molecule has 14 heavy (non-hydrogen) atoms. The molecule has 0 aliphatic carbocycles. The lowest BCUT2D eigenvalue weighted by Crippen LogP contribution is -2.34. The van der Waals surface area contributed by atoms with Gasteiger partial charge in [0.25, 0.3) is 0 Å². The van der Waals surface area contributed by atoms with Crippen LogP contribution in [-0.4, -0.2) is 22.2 Å². The molecule has 0 atom stereocenters. The van der Waals surface area contributed by atoms with Crippen molar-refractivity contribution in [2.75, 3.05) is 0 Å². The van der Waals surface area contributed by atoms with Crippen LogP contribution in [0.4, 0.5) is 17.6 Å². The smallest absolute Gasteiger partial charge is 0.423 e. The minimum atomic E-state index is -4.74. The van der Waals surface area contributed by atoms with Gasteiger partial charge >= 0.3 is 13.3 Å². The fourth-order valence-corrected chi connectivity index (χ4v) is 0.807. The zero-order chi connectivity index (χ0) is 10.9. The molecule has 0 saturated heterocycles. The van der Waals surface area contributed by atoms with E-state index in [2.05, 4.69) is 4.98 Å². The lowest BCUT2D eigenvalue weighted by molar-refractivity contribution is -0.141. The third-order valence-corrected chi connectivity index (χ3v) is 1.45. The summed E-state index contributed by atoms with van der Waals surface area (Å²) in [6.45, 7) is 0. The molecule has 0 aromatic carbocycles. The van der Waals surface area contributed by atoms with Gasteiger partial charge in [-0.15, -0.1) is 0 Å². The van der Waals surface area contributed by atoms with Crippen molar-refractivity contribution >= 4 is 12.6 Å². The zero-order valence-electron chi connectivity index (χ0n) is 6.59. The summed E-state index contributed by atoms with van der Waals surface area (Å²) in [5.74, 6) is -1.20.